The number of benzene rings is 1. The van der Waals surface area contributed by atoms with E-state index in [0.29, 0.717) is 25.0 Å². The molecule has 1 saturated carbocycles. The van der Waals surface area contributed by atoms with Gasteiger partial charge in [-0.2, -0.15) is 4.98 Å². The van der Waals surface area contributed by atoms with E-state index in [2.05, 4.69) is 15.1 Å². The third-order valence-corrected chi connectivity index (χ3v) is 6.59. The van der Waals surface area contributed by atoms with Crippen LogP contribution < -0.4 is 5.56 Å². The lowest BCUT2D eigenvalue weighted by Gasteiger charge is -2.16. The zero-order valence-electron chi connectivity index (χ0n) is 17.3. The summed E-state index contributed by atoms with van der Waals surface area (Å²) in [4.78, 5) is 22.4. The number of halogens is 1. The van der Waals surface area contributed by atoms with Crippen LogP contribution in [-0.4, -0.2) is 41.9 Å². The Balaban J connectivity index is 1.56. The Morgan fingerprint density at radius 2 is 2.06 bits per heavy atom. The van der Waals surface area contributed by atoms with Crippen molar-refractivity contribution in [2.24, 2.45) is 0 Å². The molecule has 1 unspecified atom stereocenters. The van der Waals surface area contributed by atoms with Crippen LogP contribution in [0.1, 0.15) is 44.4 Å². The summed E-state index contributed by atoms with van der Waals surface area (Å²) in [6.45, 7) is 0.878. The molecule has 0 amide bonds. The Labute approximate surface area is 181 Å². The molecule has 1 atom stereocenters. The summed E-state index contributed by atoms with van der Waals surface area (Å²) in [5.41, 5.74) is -0.369. The van der Waals surface area contributed by atoms with Crippen LogP contribution in [-0.2, 0) is 16.9 Å². The van der Waals surface area contributed by atoms with Crippen molar-refractivity contribution in [3.05, 3.63) is 46.6 Å². The van der Waals surface area contributed by atoms with Crippen molar-refractivity contribution in [2.75, 3.05) is 6.61 Å². The van der Waals surface area contributed by atoms with Gasteiger partial charge in [-0.15, -0.1) is 0 Å². The highest BCUT2D eigenvalue weighted by Gasteiger charge is 2.39. The minimum atomic E-state index is -1.14. The predicted octanol–water partition coefficient (Wildman–Crippen LogP) is 2.78. The molecule has 6 rings (SSSR count). The van der Waals surface area contributed by atoms with Gasteiger partial charge in [0, 0.05) is 6.61 Å². The van der Waals surface area contributed by atoms with Gasteiger partial charge in [-0.1, -0.05) is 11.2 Å². The molecule has 4 aromatic rings. The van der Waals surface area contributed by atoms with E-state index >= 15 is 0 Å². The van der Waals surface area contributed by atoms with Crippen LogP contribution in [0.25, 0.3) is 28.1 Å². The van der Waals surface area contributed by atoms with Crippen molar-refractivity contribution in [1.82, 2.24) is 24.1 Å². The van der Waals surface area contributed by atoms with Crippen molar-refractivity contribution in [3.8, 4) is 11.5 Å². The third kappa shape index (κ3) is 2.90. The zero-order chi connectivity index (χ0) is 21.9. The summed E-state index contributed by atoms with van der Waals surface area (Å²) in [7, 11) is 0. The highest BCUT2D eigenvalue weighted by Crippen LogP contribution is 2.38. The molecule has 1 N–H and O–H groups in total. The second-order valence-corrected chi connectivity index (χ2v) is 8.63. The summed E-state index contributed by atoms with van der Waals surface area (Å²) in [6.07, 6.45) is 5.90. The molecule has 9 nitrogen and oxygen atoms in total. The van der Waals surface area contributed by atoms with Gasteiger partial charge in [-0.05, 0) is 50.7 Å². The molecule has 0 bridgehead atoms. The number of hydrogen-bond donors (Lipinski definition) is 1. The lowest BCUT2D eigenvalue weighted by atomic mass is 10.0. The molecule has 3 aromatic heterocycles. The Bertz CT molecular complexity index is 1380. The minimum Gasteiger partial charge on any atom is -0.380 e. The summed E-state index contributed by atoms with van der Waals surface area (Å²) in [5, 5.41) is 14.8. The quantitative estimate of drug-likeness (QED) is 0.521. The van der Waals surface area contributed by atoms with E-state index < -0.39 is 17.0 Å². The number of para-hydroxylation sites is 1. The second-order valence-electron chi connectivity index (χ2n) is 8.63. The van der Waals surface area contributed by atoms with E-state index in [4.69, 9.17) is 9.26 Å². The Hall–Kier alpha value is -3.11. The fraction of sp³-hybridized carbons (Fsp3) is 0.455. The fourth-order valence-corrected chi connectivity index (χ4v) is 4.94. The van der Waals surface area contributed by atoms with E-state index in [-0.39, 0.29) is 41.1 Å². The smallest absolute Gasteiger partial charge is 0.277 e. The van der Waals surface area contributed by atoms with E-state index in [1.54, 1.807) is 16.5 Å². The Morgan fingerprint density at radius 3 is 2.84 bits per heavy atom. The maximum Gasteiger partial charge on any atom is 0.277 e. The third-order valence-electron chi connectivity index (χ3n) is 6.59. The highest BCUT2D eigenvalue weighted by molar-refractivity contribution is 5.84. The first-order valence-corrected chi connectivity index (χ1v) is 10.9. The molecule has 1 aliphatic heterocycles. The van der Waals surface area contributed by atoms with Crippen LogP contribution >= 0.6 is 0 Å². The lowest BCUT2D eigenvalue weighted by Crippen LogP contribution is -2.29. The molecule has 0 radical (unpaired) electrons. The number of nitrogens with zero attached hydrogens (tertiary/aromatic N) is 5. The molecule has 4 heterocycles. The van der Waals surface area contributed by atoms with Crippen LogP contribution in [0.15, 0.2) is 33.8 Å². The number of fused-ring (bicyclic) bond motifs is 3. The summed E-state index contributed by atoms with van der Waals surface area (Å²) in [5.74, 6) is -0.225. The van der Waals surface area contributed by atoms with Gasteiger partial charge in [-0.3, -0.25) is 13.8 Å². The van der Waals surface area contributed by atoms with Gasteiger partial charge in [0.15, 0.2) is 0 Å². The SMILES string of the molecule is O=c1c2c(-c3noc(C4(O)CCCC4)n3)ncn2c2cccc(F)c2n1CC1CCCO1. The fourth-order valence-electron chi connectivity index (χ4n) is 4.94. The predicted molar refractivity (Wildman–Crippen MR) is 112 cm³/mol. The van der Waals surface area contributed by atoms with Gasteiger partial charge in [0.1, 0.15) is 34.5 Å². The maximum absolute atomic E-state index is 14.9. The molecule has 1 aliphatic carbocycles. The van der Waals surface area contributed by atoms with Crippen LogP contribution in [0, 0.1) is 5.82 Å². The lowest BCUT2D eigenvalue weighted by molar-refractivity contribution is 0.0112. The number of ether oxygens (including phenoxy) is 1. The van der Waals surface area contributed by atoms with Crippen LogP contribution in [0.3, 0.4) is 0 Å². The number of aromatic nitrogens is 5. The van der Waals surface area contributed by atoms with Crippen LogP contribution in [0.2, 0.25) is 0 Å². The van der Waals surface area contributed by atoms with Gasteiger partial charge < -0.3 is 14.4 Å². The topological polar surface area (TPSA) is 108 Å². The summed E-state index contributed by atoms with van der Waals surface area (Å²) in [6, 6.07) is 4.68. The van der Waals surface area contributed by atoms with E-state index in [9.17, 15) is 14.3 Å². The highest BCUT2D eigenvalue weighted by atomic mass is 19.1. The average molecular weight is 439 g/mol. The Morgan fingerprint density at radius 1 is 1.22 bits per heavy atom. The normalized spacial score (nSPS) is 20.6. The van der Waals surface area contributed by atoms with Crippen LogP contribution in [0.5, 0.6) is 0 Å². The molecule has 2 fully saturated rings. The van der Waals surface area contributed by atoms with Gasteiger partial charge in [0.25, 0.3) is 11.4 Å². The van der Waals surface area contributed by atoms with Crippen molar-refractivity contribution in [3.63, 3.8) is 0 Å². The Kier molecular flexibility index (Phi) is 4.41. The summed E-state index contributed by atoms with van der Waals surface area (Å²) < 4.78 is 28.9. The van der Waals surface area contributed by atoms with Gasteiger partial charge in [0.05, 0.1) is 18.2 Å². The number of rotatable bonds is 4. The van der Waals surface area contributed by atoms with Crippen molar-refractivity contribution in [2.45, 2.75) is 56.8 Å². The van der Waals surface area contributed by atoms with Crippen molar-refractivity contribution < 1.29 is 18.8 Å². The van der Waals surface area contributed by atoms with E-state index in [1.807, 2.05) is 0 Å². The molecule has 10 heteroatoms. The maximum atomic E-state index is 14.9. The van der Waals surface area contributed by atoms with Crippen molar-refractivity contribution >= 4 is 16.6 Å². The van der Waals surface area contributed by atoms with Crippen molar-refractivity contribution in [1.29, 1.82) is 0 Å². The monoisotopic (exact) mass is 439 g/mol. The molecular formula is C22H22FN5O4. The first-order valence-electron chi connectivity index (χ1n) is 10.9. The first-order chi connectivity index (χ1) is 15.5. The molecular weight excluding hydrogens is 417 g/mol. The standard InChI is InChI=1S/C22H22FN5O4/c23-14-6-3-7-15-17(14)27(11-13-5-4-10-31-13)20(29)18-16(24-12-28(15)18)19-25-21(32-26-19)22(30)8-1-2-9-22/h3,6-7,12-13,30H,1-2,4-5,8-11H2. The van der Waals surface area contributed by atoms with Crippen LogP contribution in [0.4, 0.5) is 4.39 Å². The molecule has 166 valence electrons. The largest absolute Gasteiger partial charge is 0.380 e. The molecule has 32 heavy (non-hydrogen) atoms. The molecule has 1 saturated heterocycles. The number of imidazole rings is 1. The minimum absolute atomic E-state index is 0.124. The first kappa shape index (κ1) is 19.6. The molecule has 2 aliphatic rings. The van der Waals surface area contributed by atoms with E-state index in [1.165, 1.54) is 17.0 Å². The molecule has 1 aromatic carbocycles. The zero-order valence-corrected chi connectivity index (χ0v) is 17.3. The summed E-state index contributed by atoms with van der Waals surface area (Å²) >= 11 is 0. The average Bonchev–Trinajstić information content (AvgIpc) is 3.58. The number of hydrogen-bond acceptors (Lipinski definition) is 7. The second kappa shape index (κ2) is 7.21. The van der Waals surface area contributed by atoms with Gasteiger partial charge in [-0.25, -0.2) is 9.37 Å². The van der Waals surface area contributed by atoms with Gasteiger partial charge in [0.2, 0.25) is 5.82 Å². The van der Waals surface area contributed by atoms with Gasteiger partial charge >= 0.3 is 0 Å². The van der Waals surface area contributed by atoms with E-state index in [0.717, 1.165) is 25.7 Å². The molecule has 0 spiro atoms. The number of aliphatic hydroxyl groups is 1.